The van der Waals surface area contributed by atoms with Crippen LogP contribution in [0.3, 0.4) is 0 Å². The Hall–Kier alpha value is -3.55. The number of ether oxygens (including phenoxy) is 2. The Bertz CT molecular complexity index is 1440. The Balaban J connectivity index is 1.52. The van der Waals surface area contributed by atoms with Gasteiger partial charge < -0.3 is 24.6 Å². The molecule has 1 amide bonds. The van der Waals surface area contributed by atoms with E-state index in [9.17, 15) is 19.8 Å². The molecule has 2 aliphatic rings. The van der Waals surface area contributed by atoms with Gasteiger partial charge in [0.05, 0.1) is 37.2 Å². The number of rotatable bonds is 8. The maximum Gasteiger partial charge on any atom is 0.306 e. The molecule has 8 heteroatoms. The summed E-state index contributed by atoms with van der Waals surface area (Å²) in [6.45, 7) is 5.72. The number of hydrogen-bond acceptors (Lipinski definition) is 5. The molecule has 2 N–H and O–H groups in total. The zero-order chi connectivity index (χ0) is 30.2. The highest BCUT2D eigenvalue weighted by Crippen LogP contribution is 2.45. The molecule has 1 fully saturated rings. The van der Waals surface area contributed by atoms with Crippen LogP contribution in [-0.2, 0) is 21.6 Å². The minimum atomic E-state index is -1.12. The van der Waals surface area contributed by atoms with E-state index >= 15 is 0 Å². The van der Waals surface area contributed by atoms with Crippen molar-refractivity contribution < 1.29 is 29.3 Å². The number of halogens is 1. The summed E-state index contributed by atoms with van der Waals surface area (Å²) in [4.78, 5) is 27.0. The molecule has 0 aromatic heterocycles. The second-order valence-corrected chi connectivity index (χ2v) is 12.3. The summed E-state index contributed by atoms with van der Waals surface area (Å²) in [6, 6.07) is 18.5. The third-order valence-corrected chi connectivity index (χ3v) is 8.99. The van der Waals surface area contributed by atoms with Gasteiger partial charge in [-0.15, -0.1) is 0 Å². The molecule has 0 spiro atoms. The van der Waals surface area contributed by atoms with Gasteiger partial charge in [0.25, 0.3) is 0 Å². The molecule has 0 bridgehead atoms. The normalized spacial score (nSPS) is 21.9. The van der Waals surface area contributed by atoms with E-state index in [1.165, 1.54) is 0 Å². The number of carbonyl (C=O) groups excluding carboxylic acids is 1. The number of carbonyl (C=O) groups is 2. The second kappa shape index (κ2) is 12.0. The predicted molar refractivity (Wildman–Crippen MR) is 162 cm³/mol. The molecule has 2 atom stereocenters. The molecule has 2 unspecified atom stereocenters. The van der Waals surface area contributed by atoms with Gasteiger partial charge in [0.1, 0.15) is 0 Å². The van der Waals surface area contributed by atoms with Gasteiger partial charge in [0, 0.05) is 10.7 Å². The molecular formula is C34H38ClNO6. The predicted octanol–water partition coefficient (Wildman–Crippen LogP) is 6.91. The molecule has 5 rings (SSSR count). The van der Waals surface area contributed by atoms with Gasteiger partial charge in [-0.05, 0) is 111 Å². The lowest BCUT2D eigenvalue weighted by molar-refractivity contribution is -0.144. The monoisotopic (exact) mass is 591 g/mol. The van der Waals surface area contributed by atoms with E-state index in [0.29, 0.717) is 47.9 Å². The van der Waals surface area contributed by atoms with Crippen LogP contribution in [0.25, 0.3) is 0 Å². The maximum absolute atomic E-state index is 13.8. The van der Waals surface area contributed by atoms with Crippen molar-refractivity contribution in [1.82, 2.24) is 0 Å². The lowest BCUT2D eigenvalue weighted by Gasteiger charge is -2.39. The average molecular weight is 592 g/mol. The first kappa shape index (κ1) is 29.9. The Labute approximate surface area is 252 Å². The lowest BCUT2D eigenvalue weighted by Crippen LogP contribution is -2.41. The first-order valence-corrected chi connectivity index (χ1v) is 14.9. The molecule has 1 saturated carbocycles. The van der Waals surface area contributed by atoms with E-state index in [-0.39, 0.29) is 30.3 Å². The van der Waals surface area contributed by atoms with Crippen LogP contribution >= 0.6 is 11.6 Å². The quantitative estimate of drug-likeness (QED) is 0.295. The molecule has 0 radical (unpaired) electrons. The van der Waals surface area contributed by atoms with E-state index < -0.39 is 17.6 Å². The number of aliphatic hydroxyl groups is 1. The number of aliphatic carboxylic acids is 1. The van der Waals surface area contributed by atoms with Gasteiger partial charge >= 0.3 is 5.97 Å². The first-order valence-electron chi connectivity index (χ1n) is 14.5. The molecule has 3 aromatic rings. The molecule has 7 nitrogen and oxygen atoms in total. The number of methoxy groups -OCH3 is 1. The van der Waals surface area contributed by atoms with Crippen molar-refractivity contribution in [3.63, 3.8) is 0 Å². The molecule has 1 aliphatic carbocycles. The molecule has 1 heterocycles. The zero-order valence-corrected chi connectivity index (χ0v) is 25.2. The van der Waals surface area contributed by atoms with E-state index in [0.717, 1.165) is 22.3 Å². The third kappa shape index (κ3) is 5.86. The van der Waals surface area contributed by atoms with Crippen molar-refractivity contribution in [1.29, 1.82) is 0 Å². The lowest BCUT2D eigenvalue weighted by atomic mass is 9.71. The average Bonchev–Trinajstić information content (AvgIpc) is 2.96. The van der Waals surface area contributed by atoms with Crippen LogP contribution in [-0.4, -0.2) is 35.3 Å². The number of amides is 1. The Morgan fingerprint density at radius 3 is 2.21 bits per heavy atom. The number of nitrogens with zero attached hydrogens (tertiary/aromatic N) is 1. The Morgan fingerprint density at radius 1 is 1.00 bits per heavy atom. The molecule has 1 aliphatic heterocycles. The van der Waals surface area contributed by atoms with Crippen LogP contribution in [0.2, 0.25) is 5.02 Å². The SMILES string of the molecule is COc1cc2c(cc1OC(C)C)C(c1ccc(Cl)cc1)N(c1ccc(C(C)(O)C3CCC(C(=O)O)CC3)cc1)C(=O)C2. The van der Waals surface area contributed by atoms with Crippen LogP contribution < -0.4 is 14.4 Å². The van der Waals surface area contributed by atoms with Gasteiger partial charge in [0.2, 0.25) is 5.91 Å². The highest BCUT2D eigenvalue weighted by atomic mass is 35.5. The van der Waals surface area contributed by atoms with Gasteiger partial charge in [-0.3, -0.25) is 9.59 Å². The van der Waals surface area contributed by atoms with Crippen molar-refractivity contribution >= 4 is 29.2 Å². The number of carboxylic acid groups (broad SMARTS) is 1. The van der Waals surface area contributed by atoms with Crippen molar-refractivity contribution in [3.8, 4) is 11.5 Å². The van der Waals surface area contributed by atoms with Crippen molar-refractivity contribution in [3.05, 3.63) is 87.9 Å². The van der Waals surface area contributed by atoms with Crippen molar-refractivity contribution in [2.75, 3.05) is 12.0 Å². The van der Waals surface area contributed by atoms with Crippen LogP contribution in [0, 0.1) is 11.8 Å². The highest BCUT2D eigenvalue weighted by Gasteiger charge is 2.39. The number of anilines is 1. The maximum atomic E-state index is 13.8. The third-order valence-electron chi connectivity index (χ3n) is 8.74. The van der Waals surface area contributed by atoms with Crippen LogP contribution in [0.4, 0.5) is 5.69 Å². The molecular weight excluding hydrogens is 554 g/mol. The fourth-order valence-electron chi connectivity index (χ4n) is 6.43. The van der Waals surface area contributed by atoms with E-state index in [2.05, 4.69) is 0 Å². The van der Waals surface area contributed by atoms with Gasteiger partial charge in [0.15, 0.2) is 11.5 Å². The summed E-state index contributed by atoms with van der Waals surface area (Å²) in [6.07, 6.45) is 2.56. The summed E-state index contributed by atoms with van der Waals surface area (Å²) in [5.41, 5.74) is 3.06. The summed E-state index contributed by atoms with van der Waals surface area (Å²) in [5, 5.41) is 21.5. The molecule has 0 saturated heterocycles. The van der Waals surface area contributed by atoms with Gasteiger partial charge in [-0.25, -0.2) is 0 Å². The number of hydrogen-bond donors (Lipinski definition) is 2. The number of carboxylic acids is 1. The van der Waals surface area contributed by atoms with Crippen LogP contribution in [0.1, 0.15) is 74.8 Å². The van der Waals surface area contributed by atoms with Crippen molar-refractivity contribution in [2.45, 2.75) is 70.6 Å². The number of fused-ring (bicyclic) bond motifs is 1. The summed E-state index contributed by atoms with van der Waals surface area (Å²) < 4.78 is 11.7. The summed E-state index contributed by atoms with van der Waals surface area (Å²) >= 11 is 6.23. The second-order valence-electron chi connectivity index (χ2n) is 11.8. The van der Waals surface area contributed by atoms with Crippen LogP contribution in [0.5, 0.6) is 11.5 Å². The molecule has 42 heavy (non-hydrogen) atoms. The smallest absolute Gasteiger partial charge is 0.306 e. The Morgan fingerprint density at radius 2 is 1.64 bits per heavy atom. The van der Waals surface area contributed by atoms with E-state index in [1.807, 2.05) is 74.5 Å². The summed E-state index contributed by atoms with van der Waals surface area (Å²) in [7, 11) is 1.59. The first-order chi connectivity index (χ1) is 20.0. The minimum absolute atomic E-state index is 0.0429. The fourth-order valence-corrected chi connectivity index (χ4v) is 6.55. The van der Waals surface area contributed by atoms with E-state index in [1.54, 1.807) is 18.9 Å². The van der Waals surface area contributed by atoms with Crippen LogP contribution in [0.15, 0.2) is 60.7 Å². The number of benzene rings is 3. The van der Waals surface area contributed by atoms with Gasteiger partial charge in [-0.1, -0.05) is 35.9 Å². The fraction of sp³-hybridized carbons (Fsp3) is 0.412. The minimum Gasteiger partial charge on any atom is -0.493 e. The summed E-state index contributed by atoms with van der Waals surface area (Å²) in [5.74, 6) is -0.0105. The highest BCUT2D eigenvalue weighted by molar-refractivity contribution is 6.30. The molecule has 222 valence electrons. The zero-order valence-electron chi connectivity index (χ0n) is 24.5. The van der Waals surface area contributed by atoms with E-state index in [4.69, 9.17) is 21.1 Å². The topological polar surface area (TPSA) is 96.3 Å². The molecule has 3 aromatic carbocycles. The standard InChI is InChI=1S/C34H38ClNO6/c1-20(2)42-30-19-28-23(17-29(30)41-4)18-31(37)36(32(28)21-7-13-26(35)14-8-21)27-15-11-25(12-16-27)34(3,40)24-9-5-22(6-10-24)33(38)39/h7-8,11-17,19-20,22,24,32,40H,5-6,9-10,18H2,1-4H3,(H,38,39). The van der Waals surface area contributed by atoms with Gasteiger partial charge in [-0.2, -0.15) is 0 Å². The Kier molecular flexibility index (Phi) is 8.53. The largest absolute Gasteiger partial charge is 0.493 e. The van der Waals surface area contributed by atoms with Crippen molar-refractivity contribution in [2.24, 2.45) is 11.8 Å².